The molecule has 1 aliphatic heterocycles. The van der Waals surface area contributed by atoms with Gasteiger partial charge >= 0.3 is 0 Å². The van der Waals surface area contributed by atoms with Crippen LogP contribution in [0.4, 0.5) is 0 Å². The Morgan fingerprint density at radius 1 is 1.09 bits per heavy atom. The van der Waals surface area contributed by atoms with Crippen molar-refractivity contribution in [2.24, 2.45) is 0 Å². The number of aryl methyl sites for hydroxylation is 1. The fraction of sp³-hybridized carbons (Fsp3) is 0.360. The second-order valence-corrected chi connectivity index (χ2v) is 9.03. The molecule has 1 aliphatic rings. The van der Waals surface area contributed by atoms with Crippen molar-refractivity contribution in [1.29, 1.82) is 0 Å². The maximum Gasteiger partial charge on any atom is 0.274 e. The standard InChI is InChI=1S/C25H28N2O4S/c1-16-26-23(24(32-16)18-7-5-9-20(15-18)29-2)25(28)27-12-6-8-19(27)13-17-10-11-21(30-3)22(14-17)31-4/h5,7,9-11,14-15,19H,6,8,12-13H2,1-4H3/t19-/m0/s1. The highest BCUT2D eigenvalue weighted by atomic mass is 32.1. The van der Waals surface area contributed by atoms with Crippen molar-refractivity contribution < 1.29 is 19.0 Å². The molecule has 0 unspecified atom stereocenters. The molecule has 168 valence electrons. The molecule has 0 bridgehead atoms. The summed E-state index contributed by atoms with van der Waals surface area (Å²) in [6, 6.07) is 13.9. The minimum absolute atomic E-state index is 0.00449. The molecular weight excluding hydrogens is 424 g/mol. The minimum Gasteiger partial charge on any atom is -0.497 e. The van der Waals surface area contributed by atoms with Crippen molar-refractivity contribution in [3.05, 3.63) is 58.7 Å². The smallest absolute Gasteiger partial charge is 0.274 e. The van der Waals surface area contributed by atoms with Crippen LogP contribution in [0.15, 0.2) is 42.5 Å². The van der Waals surface area contributed by atoms with E-state index in [4.69, 9.17) is 14.2 Å². The number of carbonyl (C=O) groups is 1. The zero-order valence-corrected chi connectivity index (χ0v) is 19.7. The van der Waals surface area contributed by atoms with E-state index in [9.17, 15) is 4.79 Å². The van der Waals surface area contributed by atoms with E-state index in [2.05, 4.69) is 4.98 Å². The van der Waals surface area contributed by atoms with E-state index in [1.165, 1.54) is 0 Å². The highest BCUT2D eigenvalue weighted by molar-refractivity contribution is 7.15. The molecule has 3 aromatic rings. The van der Waals surface area contributed by atoms with Crippen molar-refractivity contribution in [2.75, 3.05) is 27.9 Å². The molecular formula is C25H28N2O4S. The molecule has 0 radical (unpaired) electrons. The molecule has 7 heteroatoms. The predicted molar refractivity (Wildman–Crippen MR) is 126 cm³/mol. The zero-order chi connectivity index (χ0) is 22.7. The Morgan fingerprint density at radius 2 is 1.91 bits per heavy atom. The van der Waals surface area contributed by atoms with Crippen molar-refractivity contribution in [3.63, 3.8) is 0 Å². The average molecular weight is 453 g/mol. The van der Waals surface area contributed by atoms with Gasteiger partial charge in [-0.1, -0.05) is 18.2 Å². The summed E-state index contributed by atoms with van der Waals surface area (Å²) in [7, 11) is 4.91. The average Bonchev–Trinajstić information content (AvgIpc) is 3.45. The molecule has 1 amide bonds. The van der Waals surface area contributed by atoms with Crippen LogP contribution < -0.4 is 14.2 Å². The number of benzene rings is 2. The molecule has 0 saturated carbocycles. The van der Waals surface area contributed by atoms with Crippen molar-refractivity contribution in [1.82, 2.24) is 9.88 Å². The monoisotopic (exact) mass is 452 g/mol. The number of aromatic nitrogens is 1. The number of methoxy groups -OCH3 is 3. The second-order valence-electron chi connectivity index (χ2n) is 7.83. The van der Waals surface area contributed by atoms with E-state index in [-0.39, 0.29) is 11.9 Å². The lowest BCUT2D eigenvalue weighted by Gasteiger charge is -2.25. The predicted octanol–water partition coefficient (Wildman–Crippen LogP) is 4.99. The van der Waals surface area contributed by atoms with Crippen LogP contribution in [-0.2, 0) is 6.42 Å². The number of nitrogens with zero attached hydrogens (tertiary/aromatic N) is 2. The van der Waals surface area contributed by atoms with Gasteiger partial charge in [0.1, 0.15) is 11.4 Å². The first kappa shape index (κ1) is 22.1. The van der Waals surface area contributed by atoms with E-state index >= 15 is 0 Å². The fourth-order valence-electron chi connectivity index (χ4n) is 4.26. The van der Waals surface area contributed by atoms with Gasteiger partial charge in [0.15, 0.2) is 11.5 Å². The van der Waals surface area contributed by atoms with Gasteiger partial charge in [0.05, 0.1) is 31.2 Å². The van der Waals surface area contributed by atoms with Gasteiger partial charge in [-0.2, -0.15) is 0 Å². The van der Waals surface area contributed by atoms with Gasteiger partial charge in [-0.3, -0.25) is 4.79 Å². The van der Waals surface area contributed by atoms with Crippen LogP contribution >= 0.6 is 11.3 Å². The summed E-state index contributed by atoms with van der Waals surface area (Å²) in [4.78, 5) is 21.1. The summed E-state index contributed by atoms with van der Waals surface area (Å²) < 4.78 is 16.2. The summed E-state index contributed by atoms with van der Waals surface area (Å²) in [6.07, 6.45) is 2.72. The molecule has 4 rings (SSSR count). The fourth-order valence-corrected chi connectivity index (χ4v) is 5.17. The summed E-state index contributed by atoms with van der Waals surface area (Å²) in [6.45, 7) is 2.68. The van der Waals surface area contributed by atoms with Gasteiger partial charge in [-0.25, -0.2) is 4.98 Å². The highest BCUT2D eigenvalue weighted by Gasteiger charge is 2.32. The molecule has 6 nitrogen and oxygen atoms in total. The number of ether oxygens (including phenoxy) is 3. The molecule has 1 saturated heterocycles. The first-order valence-corrected chi connectivity index (χ1v) is 11.5. The lowest BCUT2D eigenvalue weighted by Crippen LogP contribution is -2.37. The van der Waals surface area contributed by atoms with Crippen molar-refractivity contribution in [2.45, 2.75) is 32.2 Å². The van der Waals surface area contributed by atoms with Gasteiger partial charge in [0.25, 0.3) is 5.91 Å². The van der Waals surface area contributed by atoms with E-state index in [1.807, 2.05) is 54.3 Å². The maximum atomic E-state index is 13.6. The number of rotatable bonds is 7. The Balaban J connectivity index is 1.59. The summed E-state index contributed by atoms with van der Waals surface area (Å²) in [5.74, 6) is 2.17. The molecule has 2 heterocycles. The van der Waals surface area contributed by atoms with Crippen LogP contribution in [0.1, 0.15) is 33.9 Å². The number of thiazole rings is 1. The van der Waals surface area contributed by atoms with Gasteiger partial charge in [0.2, 0.25) is 0 Å². The molecule has 1 aromatic heterocycles. The summed E-state index contributed by atoms with van der Waals surface area (Å²) in [5, 5.41) is 0.877. The number of carbonyl (C=O) groups excluding carboxylic acids is 1. The van der Waals surface area contributed by atoms with Crippen LogP contribution in [0, 0.1) is 6.92 Å². The first-order chi connectivity index (χ1) is 15.5. The molecule has 0 spiro atoms. The van der Waals surface area contributed by atoms with Crippen LogP contribution in [0.5, 0.6) is 17.2 Å². The second kappa shape index (κ2) is 9.61. The molecule has 0 N–H and O–H groups in total. The Hall–Kier alpha value is -3.06. The van der Waals surface area contributed by atoms with Gasteiger partial charge < -0.3 is 19.1 Å². The van der Waals surface area contributed by atoms with Crippen molar-refractivity contribution in [3.8, 4) is 27.7 Å². The van der Waals surface area contributed by atoms with E-state index < -0.39 is 0 Å². The highest BCUT2D eigenvalue weighted by Crippen LogP contribution is 2.35. The van der Waals surface area contributed by atoms with E-state index in [1.54, 1.807) is 32.7 Å². The Kier molecular flexibility index (Phi) is 6.65. The molecule has 32 heavy (non-hydrogen) atoms. The number of likely N-dealkylation sites (tertiary alicyclic amines) is 1. The van der Waals surface area contributed by atoms with Gasteiger partial charge in [-0.15, -0.1) is 11.3 Å². The van der Waals surface area contributed by atoms with Gasteiger partial charge in [-0.05, 0) is 61.6 Å². The lowest BCUT2D eigenvalue weighted by molar-refractivity contribution is 0.0732. The number of amides is 1. The molecule has 0 aliphatic carbocycles. The third kappa shape index (κ3) is 4.43. The number of hydrogen-bond acceptors (Lipinski definition) is 6. The third-order valence-electron chi connectivity index (χ3n) is 5.83. The van der Waals surface area contributed by atoms with Crippen molar-refractivity contribution >= 4 is 17.2 Å². The Morgan fingerprint density at radius 3 is 2.66 bits per heavy atom. The van der Waals surface area contributed by atoms with Crippen LogP contribution in [0.2, 0.25) is 0 Å². The Bertz CT molecular complexity index is 1110. The van der Waals surface area contributed by atoms with Crippen LogP contribution in [-0.4, -0.2) is 49.7 Å². The molecule has 1 fully saturated rings. The van der Waals surface area contributed by atoms with Crippen LogP contribution in [0.25, 0.3) is 10.4 Å². The SMILES string of the molecule is COc1cccc(-c2sc(C)nc2C(=O)N2CCC[C@H]2Cc2ccc(OC)c(OC)c2)c1. The maximum absolute atomic E-state index is 13.6. The quantitative estimate of drug-likeness (QED) is 0.505. The van der Waals surface area contributed by atoms with E-state index in [0.29, 0.717) is 17.2 Å². The Labute approximate surface area is 192 Å². The van der Waals surface area contributed by atoms with E-state index in [0.717, 1.165) is 52.6 Å². The topological polar surface area (TPSA) is 60.9 Å². The number of hydrogen-bond donors (Lipinski definition) is 0. The lowest BCUT2D eigenvalue weighted by atomic mass is 10.0. The van der Waals surface area contributed by atoms with Gasteiger partial charge in [0, 0.05) is 12.6 Å². The normalized spacial score (nSPS) is 15.6. The molecule has 1 atom stereocenters. The molecule has 2 aromatic carbocycles. The zero-order valence-electron chi connectivity index (χ0n) is 18.9. The van der Waals surface area contributed by atoms with Crippen LogP contribution in [0.3, 0.4) is 0 Å². The largest absolute Gasteiger partial charge is 0.497 e. The minimum atomic E-state index is -0.00449. The first-order valence-electron chi connectivity index (χ1n) is 10.7. The third-order valence-corrected chi connectivity index (χ3v) is 6.85. The summed E-state index contributed by atoms with van der Waals surface area (Å²) >= 11 is 1.54. The summed E-state index contributed by atoms with van der Waals surface area (Å²) in [5.41, 5.74) is 2.60.